The summed E-state index contributed by atoms with van der Waals surface area (Å²) in [5.41, 5.74) is 2.22. The smallest absolute Gasteiger partial charge is 0.0900 e. The summed E-state index contributed by atoms with van der Waals surface area (Å²) in [6.45, 7) is 5.71. The van der Waals surface area contributed by atoms with Crippen LogP contribution in [0.2, 0.25) is 0 Å². The molecule has 0 radical (unpaired) electrons. The lowest BCUT2D eigenvalue weighted by molar-refractivity contribution is 0.0413. The first kappa shape index (κ1) is 12.1. The topological polar surface area (TPSA) is 27.1 Å². The fraction of sp³-hybridized carbons (Fsp3) is 0.750. The molecule has 0 atom stereocenters. The maximum Gasteiger partial charge on any atom is 0.0900 e. The number of aromatic nitrogens is 2. The van der Waals surface area contributed by atoms with Gasteiger partial charge in [0.15, 0.2) is 0 Å². The second-order valence-electron chi connectivity index (χ2n) is 4.38. The zero-order chi connectivity index (χ0) is 11.5. The van der Waals surface area contributed by atoms with Crippen molar-refractivity contribution in [3.05, 3.63) is 15.9 Å². The van der Waals surface area contributed by atoms with E-state index in [-0.39, 0.29) is 0 Å². The molecule has 0 saturated heterocycles. The second-order valence-corrected chi connectivity index (χ2v) is 5.17. The fourth-order valence-electron chi connectivity index (χ4n) is 2.26. The first-order chi connectivity index (χ1) is 7.72. The SMILES string of the molecule is CCn1nc(C)c(Br)c1COC1CCCC1. The molecule has 1 aromatic heterocycles. The summed E-state index contributed by atoms with van der Waals surface area (Å²) >= 11 is 3.59. The Labute approximate surface area is 105 Å². The van der Waals surface area contributed by atoms with E-state index in [1.54, 1.807) is 0 Å². The highest BCUT2D eigenvalue weighted by Crippen LogP contribution is 2.25. The standard InChI is InChI=1S/C12H19BrN2O/c1-3-15-11(12(13)9(2)14-15)8-16-10-6-4-5-7-10/h10H,3-8H2,1-2H3. The molecular formula is C12H19BrN2O. The molecule has 90 valence electrons. The predicted octanol–water partition coefficient (Wildman–Crippen LogP) is 3.43. The molecule has 0 spiro atoms. The lowest BCUT2D eigenvalue weighted by Crippen LogP contribution is -2.11. The molecule has 1 heterocycles. The quantitative estimate of drug-likeness (QED) is 0.848. The van der Waals surface area contributed by atoms with E-state index >= 15 is 0 Å². The number of aryl methyl sites for hydroxylation is 2. The van der Waals surface area contributed by atoms with Crippen LogP contribution in [0, 0.1) is 6.92 Å². The van der Waals surface area contributed by atoms with Gasteiger partial charge in [0.25, 0.3) is 0 Å². The molecule has 0 N–H and O–H groups in total. The number of ether oxygens (including phenoxy) is 1. The van der Waals surface area contributed by atoms with Crippen molar-refractivity contribution in [1.82, 2.24) is 9.78 Å². The molecule has 0 bridgehead atoms. The molecule has 1 aliphatic carbocycles. The van der Waals surface area contributed by atoms with Crippen LogP contribution in [0.4, 0.5) is 0 Å². The zero-order valence-electron chi connectivity index (χ0n) is 10.0. The van der Waals surface area contributed by atoms with Crippen LogP contribution in [0.25, 0.3) is 0 Å². The van der Waals surface area contributed by atoms with Gasteiger partial charge in [-0.3, -0.25) is 4.68 Å². The average Bonchev–Trinajstić information content (AvgIpc) is 2.87. The lowest BCUT2D eigenvalue weighted by atomic mass is 10.3. The van der Waals surface area contributed by atoms with Crippen molar-refractivity contribution in [3.63, 3.8) is 0 Å². The Morgan fingerprint density at radius 1 is 1.44 bits per heavy atom. The number of nitrogens with zero attached hydrogens (tertiary/aromatic N) is 2. The normalized spacial score (nSPS) is 17.2. The van der Waals surface area contributed by atoms with Crippen molar-refractivity contribution < 1.29 is 4.74 Å². The Hall–Kier alpha value is -0.350. The highest BCUT2D eigenvalue weighted by atomic mass is 79.9. The van der Waals surface area contributed by atoms with Crippen LogP contribution < -0.4 is 0 Å². The molecule has 0 aliphatic heterocycles. The molecule has 3 nitrogen and oxygen atoms in total. The molecular weight excluding hydrogens is 268 g/mol. The van der Waals surface area contributed by atoms with E-state index < -0.39 is 0 Å². The molecule has 1 saturated carbocycles. The Morgan fingerprint density at radius 3 is 2.75 bits per heavy atom. The van der Waals surface area contributed by atoms with Crippen molar-refractivity contribution in [1.29, 1.82) is 0 Å². The molecule has 1 fully saturated rings. The summed E-state index contributed by atoms with van der Waals surface area (Å²) in [6, 6.07) is 0. The van der Waals surface area contributed by atoms with Crippen molar-refractivity contribution in [2.45, 2.75) is 58.8 Å². The summed E-state index contributed by atoms with van der Waals surface area (Å²) in [5, 5.41) is 4.46. The Bertz CT molecular complexity index is 356. The summed E-state index contributed by atoms with van der Waals surface area (Å²) in [4.78, 5) is 0. The van der Waals surface area contributed by atoms with Gasteiger partial charge in [-0.25, -0.2) is 0 Å². The van der Waals surface area contributed by atoms with Gasteiger partial charge in [-0.2, -0.15) is 5.10 Å². The molecule has 4 heteroatoms. The van der Waals surface area contributed by atoms with Gasteiger partial charge in [0.05, 0.1) is 28.6 Å². The minimum absolute atomic E-state index is 0.465. The zero-order valence-corrected chi connectivity index (χ0v) is 11.6. The summed E-state index contributed by atoms with van der Waals surface area (Å²) < 4.78 is 9.06. The maximum atomic E-state index is 5.93. The van der Waals surface area contributed by atoms with Crippen LogP contribution in [0.5, 0.6) is 0 Å². The number of rotatable bonds is 4. The van der Waals surface area contributed by atoms with Crippen molar-refractivity contribution in [2.75, 3.05) is 0 Å². The van der Waals surface area contributed by atoms with Crippen LogP contribution in [-0.2, 0) is 17.9 Å². The van der Waals surface area contributed by atoms with Gasteiger partial charge in [-0.15, -0.1) is 0 Å². The highest BCUT2D eigenvalue weighted by Gasteiger charge is 2.18. The lowest BCUT2D eigenvalue weighted by Gasteiger charge is -2.12. The number of halogens is 1. The van der Waals surface area contributed by atoms with Crippen LogP contribution >= 0.6 is 15.9 Å². The van der Waals surface area contributed by atoms with E-state index in [0.29, 0.717) is 12.7 Å². The fourth-order valence-corrected chi connectivity index (χ4v) is 2.66. The van der Waals surface area contributed by atoms with Crippen LogP contribution in [-0.4, -0.2) is 15.9 Å². The maximum absolute atomic E-state index is 5.93. The monoisotopic (exact) mass is 286 g/mol. The second kappa shape index (κ2) is 5.32. The van der Waals surface area contributed by atoms with Gasteiger partial charge >= 0.3 is 0 Å². The Morgan fingerprint density at radius 2 is 2.12 bits per heavy atom. The van der Waals surface area contributed by atoms with Crippen molar-refractivity contribution in [2.24, 2.45) is 0 Å². The van der Waals surface area contributed by atoms with Gasteiger partial charge in [-0.1, -0.05) is 12.8 Å². The third kappa shape index (κ3) is 2.48. The summed E-state index contributed by atoms with van der Waals surface area (Å²) in [7, 11) is 0. The van der Waals surface area contributed by atoms with Crippen LogP contribution in [0.1, 0.15) is 44.0 Å². The van der Waals surface area contributed by atoms with Crippen molar-refractivity contribution in [3.8, 4) is 0 Å². The summed E-state index contributed by atoms with van der Waals surface area (Å²) in [5.74, 6) is 0. The van der Waals surface area contributed by atoms with Gasteiger partial charge in [-0.05, 0) is 42.6 Å². The van der Waals surface area contributed by atoms with E-state index in [4.69, 9.17) is 4.74 Å². The summed E-state index contributed by atoms with van der Waals surface area (Å²) in [6.07, 6.45) is 5.54. The van der Waals surface area contributed by atoms with Crippen LogP contribution in [0.15, 0.2) is 4.47 Å². The molecule has 0 amide bonds. The first-order valence-corrected chi connectivity index (χ1v) is 6.85. The molecule has 0 aromatic carbocycles. The molecule has 2 rings (SSSR count). The first-order valence-electron chi connectivity index (χ1n) is 6.05. The molecule has 1 aliphatic rings. The number of hydrogen-bond acceptors (Lipinski definition) is 2. The predicted molar refractivity (Wildman–Crippen MR) is 67.4 cm³/mol. The Balaban J connectivity index is 2.01. The Kier molecular flexibility index (Phi) is 4.03. The third-order valence-corrected chi connectivity index (χ3v) is 4.24. The van der Waals surface area contributed by atoms with E-state index in [9.17, 15) is 0 Å². The van der Waals surface area contributed by atoms with E-state index in [1.165, 1.54) is 31.4 Å². The van der Waals surface area contributed by atoms with Crippen LogP contribution in [0.3, 0.4) is 0 Å². The minimum atomic E-state index is 0.465. The van der Waals surface area contributed by atoms with Gasteiger partial charge in [0.1, 0.15) is 0 Å². The number of hydrogen-bond donors (Lipinski definition) is 0. The van der Waals surface area contributed by atoms with Crippen molar-refractivity contribution >= 4 is 15.9 Å². The van der Waals surface area contributed by atoms with Gasteiger partial charge < -0.3 is 4.74 Å². The largest absolute Gasteiger partial charge is 0.372 e. The molecule has 0 unspecified atom stereocenters. The van der Waals surface area contributed by atoms with Gasteiger partial charge in [0, 0.05) is 6.54 Å². The average molecular weight is 287 g/mol. The van der Waals surface area contributed by atoms with E-state index in [0.717, 1.165) is 16.7 Å². The molecule has 16 heavy (non-hydrogen) atoms. The molecule has 1 aromatic rings. The third-order valence-electron chi connectivity index (χ3n) is 3.21. The highest BCUT2D eigenvalue weighted by molar-refractivity contribution is 9.10. The van der Waals surface area contributed by atoms with Gasteiger partial charge in [0.2, 0.25) is 0 Å². The van der Waals surface area contributed by atoms with E-state index in [1.807, 2.05) is 11.6 Å². The minimum Gasteiger partial charge on any atom is -0.372 e. The van der Waals surface area contributed by atoms with E-state index in [2.05, 4.69) is 28.0 Å².